The number of hydrogen-bond acceptors (Lipinski definition) is 2. The summed E-state index contributed by atoms with van der Waals surface area (Å²) in [6.45, 7) is 8.30. The quantitative estimate of drug-likeness (QED) is 0.850. The van der Waals surface area contributed by atoms with Crippen LogP contribution in [0.1, 0.15) is 39.3 Å². The number of rotatable bonds is 3. The number of hydrogen-bond donors (Lipinski definition) is 1. The van der Waals surface area contributed by atoms with Crippen molar-refractivity contribution in [2.75, 3.05) is 5.32 Å². The molecule has 88 valence electrons. The summed E-state index contributed by atoms with van der Waals surface area (Å²) in [4.78, 5) is 15.8. The first-order valence-corrected chi connectivity index (χ1v) is 5.60. The largest absolute Gasteiger partial charge is 0.311 e. The maximum absolute atomic E-state index is 11.6. The predicted molar refractivity (Wildman–Crippen MR) is 66.3 cm³/mol. The predicted octanol–water partition coefficient (Wildman–Crippen LogP) is 3.15. The van der Waals surface area contributed by atoms with Crippen LogP contribution < -0.4 is 5.32 Å². The Hall–Kier alpha value is -1.38. The highest BCUT2D eigenvalue weighted by Crippen LogP contribution is 2.20. The number of pyridine rings is 1. The fourth-order valence-electron chi connectivity index (χ4n) is 1.31. The monoisotopic (exact) mass is 220 g/mol. The van der Waals surface area contributed by atoms with Gasteiger partial charge in [0.25, 0.3) is 0 Å². The fourth-order valence-corrected chi connectivity index (χ4v) is 1.31. The number of carbonyl (C=O) groups is 1. The minimum Gasteiger partial charge on any atom is -0.311 e. The van der Waals surface area contributed by atoms with E-state index in [0.29, 0.717) is 12.2 Å². The van der Waals surface area contributed by atoms with Crippen molar-refractivity contribution in [3.63, 3.8) is 0 Å². The molecule has 1 aromatic rings. The summed E-state index contributed by atoms with van der Waals surface area (Å²) in [7, 11) is 0. The molecule has 0 atom stereocenters. The van der Waals surface area contributed by atoms with Gasteiger partial charge in [-0.25, -0.2) is 4.98 Å². The highest BCUT2D eigenvalue weighted by molar-refractivity contribution is 5.89. The van der Waals surface area contributed by atoms with E-state index < -0.39 is 0 Å². The van der Waals surface area contributed by atoms with E-state index in [9.17, 15) is 4.79 Å². The summed E-state index contributed by atoms with van der Waals surface area (Å²) in [6.07, 6.45) is 1.42. The van der Waals surface area contributed by atoms with E-state index in [0.717, 1.165) is 12.1 Å². The molecule has 3 heteroatoms. The van der Waals surface area contributed by atoms with Gasteiger partial charge in [-0.1, -0.05) is 26.8 Å². The second kappa shape index (κ2) is 5.10. The summed E-state index contributed by atoms with van der Waals surface area (Å²) < 4.78 is 0. The number of aromatic nitrogens is 1. The lowest BCUT2D eigenvalue weighted by Gasteiger charge is -2.17. The van der Waals surface area contributed by atoms with Crippen LogP contribution in [0.4, 0.5) is 5.82 Å². The van der Waals surface area contributed by atoms with E-state index in [2.05, 4.69) is 31.1 Å². The Morgan fingerprint density at radius 1 is 1.38 bits per heavy atom. The maximum atomic E-state index is 11.6. The Labute approximate surface area is 97.3 Å². The third-order valence-electron chi connectivity index (χ3n) is 2.26. The van der Waals surface area contributed by atoms with Gasteiger partial charge >= 0.3 is 0 Å². The average Bonchev–Trinajstić information content (AvgIpc) is 2.14. The summed E-state index contributed by atoms with van der Waals surface area (Å²) in [5.41, 5.74) is 1.10. The van der Waals surface area contributed by atoms with Gasteiger partial charge in [-0.15, -0.1) is 0 Å². The maximum Gasteiger partial charge on any atom is 0.225 e. The summed E-state index contributed by atoms with van der Waals surface area (Å²) in [6, 6.07) is 5.61. The minimum atomic E-state index is 0.0352. The van der Waals surface area contributed by atoms with Gasteiger partial charge in [0.15, 0.2) is 0 Å². The minimum absolute atomic E-state index is 0.0352. The van der Waals surface area contributed by atoms with Crippen LogP contribution in [0, 0.1) is 12.3 Å². The van der Waals surface area contributed by atoms with Gasteiger partial charge in [-0.05, 0) is 30.9 Å². The zero-order valence-electron chi connectivity index (χ0n) is 10.5. The van der Waals surface area contributed by atoms with Crippen molar-refractivity contribution in [2.45, 2.75) is 40.5 Å². The molecule has 1 aromatic heterocycles. The molecule has 0 aromatic carbocycles. The molecule has 0 aliphatic carbocycles. The number of anilines is 1. The lowest BCUT2D eigenvalue weighted by molar-refractivity contribution is -0.116. The first-order chi connectivity index (χ1) is 7.37. The Morgan fingerprint density at radius 2 is 2.06 bits per heavy atom. The zero-order valence-corrected chi connectivity index (χ0v) is 10.5. The van der Waals surface area contributed by atoms with Crippen LogP contribution in [0.15, 0.2) is 18.2 Å². The molecular formula is C13H20N2O. The molecule has 1 rings (SSSR count). The van der Waals surface area contributed by atoms with Crippen molar-refractivity contribution in [1.82, 2.24) is 4.98 Å². The summed E-state index contributed by atoms with van der Waals surface area (Å²) >= 11 is 0. The van der Waals surface area contributed by atoms with Gasteiger partial charge in [0.05, 0.1) is 0 Å². The van der Waals surface area contributed by atoms with E-state index in [-0.39, 0.29) is 11.3 Å². The Kier molecular flexibility index (Phi) is 4.05. The lowest BCUT2D eigenvalue weighted by Crippen LogP contribution is -2.16. The number of aryl methyl sites for hydroxylation is 1. The van der Waals surface area contributed by atoms with Crippen LogP contribution in [0.25, 0.3) is 0 Å². The van der Waals surface area contributed by atoms with E-state index in [1.807, 2.05) is 25.1 Å². The van der Waals surface area contributed by atoms with Gasteiger partial charge in [0.2, 0.25) is 5.91 Å². The molecule has 1 amide bonds. The molecule has 0 aliphatic rings. The van der Waals surface area contributed by atoms with Gasteiger partial charge in [0, 0.05) is 12.1 Å². The van der Waals surface area contributed by atoms with Crippen LogP contribution in [-0.2, 0) is 4.79 Å². The Balaban J connectivity index is 2.46. The fraction of sp³-hybridized carbons (Fsp3) is 0.538. The lowest BCUT2D eigenvalue weighted by atomic mass is 9.90. The van der Waals surface area contributed by atoms with Crippen molar-refractivity contribution in [3.05, 3.63) is 23.9 Å². The molecule has 0 unspecified atom stereocenters. The molecule has 0 saturated heterocycles. The molecule has 0 spiro atoms. The first kappa shape index (κ1) is 12.7. The van der Waals surface area contributed by atoms with E-state index >= 15 is 0 Å². The van der Waals surface area contributed by atoms with Crippen LogP contribution in [0.2, 0.25) is 0 Å². The second-order valence-electron chi connectivity index (χ2n) is 5.27. The van der Waals surface area contributed by atoms with Crippen molar-refractivity contribution < 1.29 is 4.79 Å². The summed E-state index contributed by atoms with van der Waals surface area (Å²) in [5.74, 6) is 0.673. The number of amides is 1. The van der Waals surface area contributed by atoms with Crippen molar-refractivity contribution in [2.24, 2.45) is 5.41 Å². The number of nitrogens with zero attached hydrogens (tertiary/aromatic N) is 1. The van der Waals surface area contributed by atoms with Crippen molar-refractivity contribution in [3.8, 4) is 0 Å². The molecule has 1 heterocycles. The second-order valence-corrected chi connectivity index (χ2v) is 5.27. The molecule has 3 nitrogen and oxygen atoms in total. The van der Waals surface area contributed by atoms with E-state index in [4.69, 9.17) is 0 Å². The summed E-state index contributed by atoms with van der Waals surface area (Å²) in [5, 5.41) is 2.81. The normalized spacial score (nSPS) is 11.2. The SMILES string of the molecule is Cc1cccc(NC(=O)CCC(C)(C)C)n1. The molecular weight excluding hydrogens is 200 g/mol. The van der Waals surface area contributed by atoms with Crippen molar-refractivity contribution >= 4 is 11.7 Å². The van der Waals surface area contributed by atoms with Gasteiger partial charge in [-0.3, -0.25) is 4.79 Å². The third-order valence-corrected chi connectivity index (χ3v) is 2.26. The molecule has 0 bridgehead atoms. The number of carbonyl (C=O) groups excluding carboxylic acids is 1. The van der Waals surface area contributed by atoms with E-state index in [1.165, 1.54) is 0 Å². The van der Waals surface area contributed by atoms with Crippen LogP contribution in [0.3, 0.4) is 0 Å². The highest BCUT2D eigenvalue weighted by Gasteiger charge is 2.13. The molecule has 16 heavy (non-hydrogen) atoms. The number of nitrogens with one attached hydrogen (secondary N) is 1. The zero-order chi connectivity index (χ0) is 12.2. The standard InChI is InChI=1S/C13H20N2O/c1-10-6-5-7-11(14-10)15-12(16)8-9-13(2,3)4/h5-7H,8-9H2,1-4H3,(H,14,15,16). The van der Waals surface area contributed by atoms with Crippen molar-refractivity contribution in [1.29, 1.82) is 0 Å². The van der Waals surface area contributed by atoms with Gasteiger partial charge in [0.1, 0.15) is 5.82 Å². The van der Waals surface area contributed by atoms with Crippen LogP contribution in [0.5, 0.6) is 0 Å². The smallest absolute Gasteiger partial charge is 0.225 e. The van der Waals surface area contributed by atoms with Crippen LogP contribution in [-0.4, -0.2) is 10.9 Å². The Bertz CT molecular complexity index is 366. The topological polar surface area (TPSA) is 42.0 Å². The highest BCUT2D eigenvalue weighted by atomic mass is 16.1. The van der Waals surface area contributed by atoms with Crippen LogP contribution >= 0.6 is 0 Å². The average molecular weight is 220 g/mol. The van der Waals surface area contributed by atoms with Gasteiger partial charge < -0.3 is 5.32 Å². The molecule has 1 N–H and O–H groups in total. The first-order valence-electron chi connectivity index (χ1n) is 5.60. The molecule has 0 saturated carbocycles. The third kappa shape index (κ3) is 4.91. The van der Waals surface area contributed by atoms with Gasteiger partial charge in [-0.2, -0.15) is 0 Å². The van der Waals surface area contributed by atoms with E-state index in [1.54, 1.807) is 0 Å². The molecule has 0 aliphatic heterocycles. The Morgan fingerprint density at radius 3 is 2.62 bits per heavy atom. The molecule has 0 fully saturated rings. The molecule has 0 radical (unpaired) electrons.